The zero-order valence-electron chi connectivity index (χ0n) is 31.9. The van der Waals surface area contributed by atoms with E-state index in [0.29, 0.717) is 44.2 Å². The van der Waals surface area contributed by atoms with Crippen molar-refractivity contribution in [1.29, 1.82) is 0 Å². The van der Waals surface area contributed by atoms with Crippen molar-refractivity contribution in [3.8, 4) is 0 Å². The normalized spacial score (nSPS) is 34.3. The summed E-state index contributed by atoms with van der Waals surface area (Å²) in [6, 6.07) is 42.8. The van der Waals surface area contributed by atoms with Gasteiger partial charge in [-0.2, -0.15) is 0 Å². The summed E-state index contributed by atoms with van der Waals surface area (Å²) in [5.74, 6) is 1.56. The first-order valence-electron chi connectivity index (χ1n) is 20.2. The number of benzene rings is 4. The maximum absolute atomic E-state index is 7.36. The van der Waals surface area contributed by atoms with Crippen LogP contribution in [0.3, 0.4) is 0 Å². The van der Waals surface area contributed by atoms with E-state index in [2.05, 4.69) is 148 Å². The van der Waals surface area contributed by atoms with Crippen LogP contribution in [0.4, 0.5) is 0 Å². The molecule has 278 valence electrons. The van der Waals surface area contributed by atoms with Crippen molar-refractivity contribution in [2.24, 2.45) is 34.5 Å². The third-order valence-electron chi connectivity index (χ3n) is 14.1. The molecule has 4 saturated carbocycles. The van der Waals surface area contributed by atoms with Crippen molar-refractivity contribution in [1.82, 2.24) is 0 Å². The average molecular weight is 711 g/mol. The Kier molecular flexibility index (Phi) is 11.0. The molecule has 4 aromatic carbocycles. The summed E-state index contributed by atoms with van der Waals surface area (Å²) in [6.45, 7) is 9.76. The first kappa shape index (κ1) is 36.4. The van der Waals surface area contributed by atoms with E-state index in [1.54, 1.807) is 5.57 Å². The van der Waals surface area contributed by atoms with Crippen molar-refractivity contribution < 1.29 is 18.9 Å². The molecule has 0 amide bonds. The predicted molar refractivity (Wildman–Crippen MR) is 212 cm³/mol. The fraction of sp³-hybridized carbons (Fsp3) is 0.469. The van der Waals surface area contributed by atoms with E-state index in [-0.39, 0.29) is 41.2 Å². The summed E-state index contributed by atoms with van der Waals surface area (Å²) in [7, 11) is 0. The molecule has 0 spiro atoms. The first-order chi connectivity index (χ1) is 26.0. The highest BCUT2D eigenvalue weighted by atomic mass is 16.5. The second-order valence-corrected chi connectivity index (χ2v) is 16.8. The van der Waals surface area contributed by atoms with Crippen LogP contribution in [0, 0.1) is 34.5 Å². The summed E-state index contributed by atoms with van der Waals surface area (Å²) in [5, 5.41) is 0. The van der Waals surface area contributed by atoms with E-state index in [9.17, 15) is 0 Å². The Balaban J connectivity index is 1.20. The van der Waals surface area contributed by atoms with Gasteiger partial charge in [-0.25, -0.2) is 0 Å². The molecule has 4 unspecified atom stereocenters. The average Bonchev–Trinajstić information content (AvgIpc) is 3.55. The SMILES string of the molecule is CC=C1CCC2C3C(CC[C@]12C)[C@]1(C)C(C[C@H](OCc2ccccc2)C[C@@H]1OCc1ccccc1)[C@@H](OCc1ccccc1)[C@@H]3OCc1ccccc1. The Hall–Kier alpha value is -3.54. The fourth-order valence-corrected chi connectivity index (χ4v) is 11.4. The number of ether oxygens (including phenoxy) is 4. The zero-order chi connectivity index (χ0) is 36.3. The Labute approximate surface area is 317 Å². The molecule has 0 aromatic heterocycles. The summed E-state index contributed by atoms with van der Waals surface area (Å²) in [5.41, 5.74) is 6.57. The van der Waals surface area contributed by atoms with Crippen LogP contribution < -0.4 is 0 Å². The van der Waals surface area contributed by atoms with E-state index in [1.165, 1.54) is 47.9 Å². The Morgan fingerprint density at radius 2 is 1.04 bits per heavy atom. The Morgan fingerprint density at radius 1 is 0.547 bits per heavy atom. The lowest BCUT2D eigenvalue weighted by molar-refractivity contribution is -0.281. The van der Waals surface area contributed by atoms with Crippen molar-refractivity contribution in [2.75, 3.05) is 0 Å². The molecule has 0 aliphatic heterocycles. The molecule has 0 N–H and O–H groups in total. The topological polar surface area (TPSA) is 36.9 Å². The lowest BCUT2D eigenvalue weighted by Crippen LogP contribution is -2.68. The van der Waals surface area contributed by atoms with Crippen molar-refractivity contribution in [3.05, 3.63) is 155 Å². The van der Waals surface area contributed by atoms with Crippen molar-refractivity contribution >= 4 is 0 Å². The molecular weight excluding hydrogens is 653 g/mol. The summed E-state index contributed by atoms with van der Waals surface area (Å²) < 4.78 is 28.8. The van der Waals surface area contributed by atoms with Crippen LogP contribution in [0.5, 0.6) is 0 Å². The predicted octanol–water partition coefficient (Wildman–Crippen LogP) is 11.1. The lowest BCUT2D eigenvalue weighted by atomic mass is 9.42. The monoisotopic (exact) mass is 710 g/mol. The molecule has 0 heterocycles. The second kappa shape index (κ2) is 16.1. The van der Waals surface area contributed by atoms with Gasteiger partial charge in [0, 0.05) is 11.8 Å². The highest BCUT2D eigenvalue weighted by molar-refractivity contribution is 5.27. The van der Waals surface area contributed by atoms with Gasteiger partial charge in [-0.1, -0.05) is 147 Å². The summed E-state index contributed by atoms with van der Waals surface area (Å²) >= 11 is 0. The molecule has 0 bridgehead atoms. The fourth-order valence-electron chi connectivity index (χ4n) is 11.4. The van der Waals surface area contributed by atoms with Crippen LogP contribution in [0.15, 0.2) is 133 Å². The highest BCUT2D eigenvalue weighted by Crippen LogP contribution is 2.68. The first-order valence-corrected chi connectivity index (χ1v) is 20.2. The summed E-state index contributed by atoms with van der Waals surface area (Å²) in [4.78, 5) is 0. The number of hydrogen-bond donors (Lipinski definition) is 0. The van der Waals surface area contributed by atoms with Gasteiger partial charge in [-0.3, -0.25) is 0 Å². The van der Waals surface area contributed by atoms with Gasteiger partial charge < -0.3 is 18.9 Å². The second-order valence-electron chi connectivity index (χ2n) is 16.8. The van der Waals surface area contributed by atoms with Gasteiger partial charge in [0.25, 0.3) is 0 Å². The van der Waals surface area contributed by atoms with Gasteiger partial charge in [-0.15, -0.1) is 0 Å². The van der Waals surface area contributed by atoms with Gasteiger partial charge in [0.1, 0.15) is 0 Å². The minimum Gasteiger partial charge on any atom is -0.373 e. The van der Waals surface area contributed by atoms with E-state index in [0.717, 1.165) is 12.8 Å². The minimum absolute atomic E-state index is 0.0274. The quantitative estimate of drug-likeness (QED) is 0.137. The number of allylic oxidation sites excluding steroid dienone is 2. The standard InChI is InChI=1S/C49H58O4/c1-4-39-25-26-41-45-42(27-28-48(39,41)2)49(3)43(46(52-33-37-21-13-7-14-22-37)47(45)53-34-38-23-15-8-16-24-38)29-40(50-31-35-17-9-5-10-18-35)30-44(49)51-32-36-19-11-6-12-20-36/h4-24,40-47H,25-34H2,1-3H3/t40-,41?,42?,43?,44-,45?,46+,47+,48+,49+/m0/s1. The van der Waals surface area contributed by atoms with Gasteiger partial charge >= 0.3 is 0 Å². The van der Waals surface area contributed by atoms with Crippen LogP contribution in [-0.2, 0) is 45.4 Å². The van der Waals surface area contributed by atoms with Crippen LogP contribution in [0.1, 0.15) is 81.5 Å². The van der Waals surface area contributed by atoms with Crippen LogP contribution in [0.25, 0.3) is 0 Å². The number of rotatable bonds is 12. The molecule has 53 heavy (non-hydrogen) atoms. The Bertz CT molecular complexity index is 1780. The van der Waals surface area contributed by atoms with Crippen molar-refractivity contribution in [3.63, 3.8) is 0 Å². The van der Waals surface area contributed by atoms with Crippen LogP contribution >= 0.6 is 0 Å². The van der Waals surface area contributed by atoms with Gasteiger partial charge in [0.05, 0.1) is 50.8 Å². The molecule has 4 nitrogen and oxygen atoms in total. The molecule has 4 aliphatic rings. The molecule has 4 fully saturated rings. The third-order valence-corrected chi connectivity index (χ3v) is 14.1. The maximum atomic E-state index is 7.36. The smallest absolute Gasteiger partial charge is 0.0879 e. The molecule has 4 heteroatoms. The van der Waals surface area contributed by atoms with E-state index >= 15 is 0 Å². The third kappa shape index (κ3) is 7.33. The van der Waals surface area contributed by atoms with E-state index < -0.39 is 0 Å². The number of hydrogen-bond acceptors (Lipinski definition) is 4. The van der Waals surface area contributed by atoms with Gasteiger partial charge in [-0.05, 0) is 90.4 Å². The molecule has 10 atom stereocenters. The van der Waals surface area contributed by atoms with Crippen molar-refractivity contribution in [2.45, 2.75) is 110 Å². The number of fused-ring (bicyclic) bond motifs is 5. The Morgan fingerprint density at radius 3 is 1.57 bits per heavy atom. The highest BCUT2D eigenvalue weighted by Gasteiger charge is 2.68. The minimum atomic E-state index is -0.111. The maximum Gasteiger partial charge on any atom is 0.0879 e. The largest absolute Gasteiger partial charge is 0.373 e. The van der Waals surface area contributed by atoms with Gasteiger partial charge in [0.2, 0.25) is 0 Å². The molecule has 0 radical (unpaired) electrons. The van der Waals surface area contributed by atoms with Crippen LogP contribution in [0.2, 0.25) is 0 Å². The summed E-state index contributed by atoms with van der Waals surface area (Å²) in [6.07, 6.45) is 9.00. The van der Waals surface area contributed by atoms with Crippen LogP contribution in [-0.4, -0.2) is 24.4 Å². The molecule has 0 saturated heterocycles. The molecule has 4 aliphatic carbocycles. The zero-order valence-corrected chi connectivity index (χ0v) is 31.9. The molecule has 4 aromatic rings. The molecule has 8 rings (SSSR count). The van der Waals surface area contributed by atoms with Gasteiger partial charge in [0.15, 0.2) is 0 Å². The van der Waals surface area contributed by atoms with E-state index in [1.807, 2.05) is 0 Å². The lowest BCUT2D eigenvalue weighted by Gasteiger charge is -2.66. The molecular formula is C49H58O4. The van der Waals surface area contributed by atoms with E-state index in [4.69, 9.17) is 18.9 Å².